The van der Waals surface area contributed by atoms with Gasteiger partial charge < -0.3 is 4.79 Å². The van der Waals surface area contributed by atoms with Crippen molar-refractivity contribution in [3.8, 4) is 0 Å². The molecular formula is C9H15F2NO. The lowest BCUT2D eigenvalue weighted by Gasteiger charge is -2.19. The van der Waals surface area contributed by atoms with Crippen LogP contribution >= 0.6 is 0 Å². The molecule has 0 spiro atoms. The van der Waals surface area contributed by atoms with E-state index in [1.54, 1.807) is 4.90 Å². The quantitative estimate of drug-likeness (QED) is 0.628. The van der Waals surface area contributed by atoms with Crippen molar-refractivity contribution in [2.24, 2.45) is 5.92 Å². The van der Waals surface area contributed by atoms with Gasteiger partial charge in [-0.15, -0.1) is 0 Å². The van der Waals surface area contributed by atoms with Gasteiger partial charge in [-0.1, -0.05) is 0 Å². The van der Waals surface area contributed by atoms with Gasteiger partial charge in [-0.2, -0.15) is 0 Å². The molecule has 76 valence electrons. The van der Waals surface area contributed by atoms with Crippen LogP contribution in [-0.4, -0.2) is 36.7 Å². The molecule has 1 fully saturated rings. The first kappa shape index (κ1) is 10.6. The molecule has 1 saturated heterocycles. The number of carbonyl (C=O) groups is 1. The molecule has 0 aliphatic carbocycles. The van der Waals surface area contributed by atoms with Crippen molar-refractivity contribution in [2.75, 3.05) is 19.6 Å². The van der Waals surface area contributed by atoms with Crippen LogP contribution < -0.4 is 0 Å². The molecule has 2 nitrogen and oxygen atoms in total. The Kier molecular flexibility index (Phi) is 3.36. The summed E-state index contributed by atoms with van der Waals surface area (Å²) in [4.78, 5) is 11.9. The Bertz CT molecular complexity index is 179. The molecule has 1 aliphatic heterocycles. The molecule has 0 saturated carbocycles. The van der Waals surface area contributed by atoms with Gasteiger partial charge in [-0.3, -0.25) is 4.90 Å². The highest BCUT2D eigenvalue weighted by molar-refractivity contribution is 5.49. The molecule has 0 bridgehead atoms. The highest BCUT2D eigenvalue weighted by Gasteiger charge is 2.30. The first-order chi connectivity index (χ1) is 6.01. The van der Waals surface area contributed by atoms with Crippen molar-refractivity contribution in [2.45, 2.75) is 25.7 Å². The third kappa shape index (κ3) is 3.81. The Morgan fingerprint density at radius 3 is 2.85 bits per heavy atom. The van der Waals surface area contributed by atoms with E-state index in [0.717, 1.165) is 19.6 Å². The van der Waals surface area contributed by atoms with E-state index >= 15 is 0 Å². The summed E-state index contributed by atoms with van der Waals surface area (Å²) < 4.78 is 25.2. The van der Waals surface area contributed by atoms with Gasteiger partial charge in [0.1, 0.15) is 6.29 Å². The summed E-state index contributed by atoms with van der Waals surface area (Å²) in [6.07, 6.45) is 2.25. The summed E-state index contributed by atoms with van der Waals surface area (Å²) in [7, 11) is 0. The predicted octanol–water partition coefficient (Wildman–Crippen LogP) is 1.55. The second kappa shape index (κ2) is 4.13. The van der Waals surface area contributed by atoms with Gasteiger partial charge in [-0.05, 0) is 18.9 Å². The Balaban J connectivity index is 2.29. The molecule has 0 aromatic carbocycles. The highest BCUT2D eigenvalue weighted by Crippen LogP contribution is 2.22. The van der Waals surface area contributed by atoms with Crippen molar-refractivity contribution >= 4 is 6.29 Å². The second-order valence-electron chi connectivity index (χ2n) is 3.86. The zero-order valence-corrected chi connectivity index (χ0v) is 7.80. The fourth-order valence-electron chi connectivity index (χ4n) is 1.78. The second-order valence-corrected chi connectivity index (χ2v) is 3.86. The van der Waals surface area contributed by atoms with E-state index in [4.69, 9.17) is 0 Å². The predicted molar refractivity (Wildman–Crippen MR) is 45.8 cm³/mol. The summed E-state index contributed by atoms with van der Waals surface area (Å²) in [6, 6.07) is 0. The lowest BCUT2D eigenvalue weighted by atomic mass is 10.1. The molecule has 4 heteroatoms. The van der Waals surface area contributed by atoms with Crippen LogP contribution in [0.3, 0.4) is 0 Å². The molecular weight excluding hydrogens is 176 g/mol. The minimum Gasteiger partial charge on any atom is -0.303 e. The number of alkyl halides is 2. The zero-order chi connectivity index (χ0) is 9.90. The van der Waals surface area contributed by atoms with Gasteiger partial charge in [0.25, 0.3) is 5.92 Å². The molecule has 0 amide bonds. The largest absolute Gasteiger partial charge is 0.303 e. The lowest BCUT2D eigenvalue weighted by Crippen LogP contribution is -2.33. The number of hydrogen-bond donors (Lipinski definition) is 0. The van der Waals surface area contributed by atoms with Crippen molar-refractivity contribution < 1.29 is 13.6 Å². The molecule has 1 rings (SSSR count). The van der Waals surface area contributed by atoms with Crippen LogP contribution in [0.15, 0.2) is 0 Å². The van der Waals surface area contributed by atoms with Crippen molar-refractivity contribution in [1.82, 2.24) is 4.90 Å². The van der Waals surface area contributed by atoms with Crippen molar-refractivity contribution in [3.63, 3.8) is 0 Å². The maximum Gasteiger partial charge on any atom is 0.257 e. The normalized spacial score (nSPS) is 25.0. The van der Waals surface area contributed by atoms with E-state index < -0.39 is 5.92 Å². The number of nitrogens with zero attached hydrogens (tertiary/aromatic N) is 1. The third-order valence-electron chi connectivity index (χ3n) is 2.30. The summed E-state index contributed by atoms with van der Waals surface area (Å²) >= 11 is 0. The number of carbonyl (C=O) groups excluding carboxylic acids is 1. The first-order valence-electron chi connectivity index (χ1n) is 4.55. The van der Waals surface area contributed by atoms with E-state index in [1.807, 2.05) is 0 Å². The molecule has 13 heavy (non-hydrogen) atoms. The zero-order valence-electron chi connectivity index (χ0n) is 7.80. The lowest BCUT2D eigenvalue weighted by molar-refractivity contribution is -0.108. The summed E-state index contributed by atoms with van der Waals surface area (Å²) in [5, 5.41) is 0. The molecule has 1 aliphatic rings. The maximum absolute atomic E-state index is 12.6. The Morgan fingerprint density at radius 1 is 1.62 bits per heavy atom. The SMILES string of the molecule is CC(F)(F)CN1CCC(CC=O)C1. The van der Waals surface area contributed by atoms with Gasteiger partial charge in [0.2, 0.25) is 0 Å². The van der Waals surface area contributed by atoms with Gasteiger partial charge in [-0.25, -0.2) is 8.78 Å². The minimum absolute atomic E-state index is 0.178. The van der Waals surface area contributed by atoms with Crippen LogP contribution in [0.2, 0.25) is 0 Å². The first-order valence-corrected chi connectivity index (χ1v) is 4.55. The summed E-state index contributed by atoms with van der Waals surface area (Å²) in [5.41, 5.74) is 0. The van der Waals surface area contributed by atoms with Crippen molar-refractivity contribution in [1.29, 1.82) is 0 Å². The molecule has 1 atom stereocenters. The van der Waals surface area contributed by atoms with Crippen LogP contribution in [0.1, 0.15) is 19.8 Å². The average molecular weight is 191 g/mol. The smallest absolute Gasteiger partial charge is 0.257 e. The van der Waals surface area contributed by atoms with Crippen LogP contribution in [0, 0.1) is 5.92 Å². The molecule has 0 N–H and O–H groups in total. The number of aldehydes is 1. The number of likely N-dealkylation sites (tertiary alicyclic amines) is 1. The third-order valence-corrected chi connectivity index (χ3v) is 2.30. The fraction of sp³-hybridized carbons (Fsp3) is 0.889. The Morgan fingerprint density at radius 2 is 2.31 bits per heavy atom. The van der Waals surface area contributed by atoms with E-state index in [2.05, 4.69) is 0 Å². The van der Waals surface area contributed by atoms with Gasteiger partial charge >= 0.3 is 0 Å². The molecule has 0 aromatic heterocycles. The van der Waals surface area contributed by atoms with E-state index in [-0.39, 0.29) is 6.54 Å². The van der Waals surface area contributed by atoms with Crippen LogP contribution in [0.25, 0.3) is 0 Å². The standard InChI is InChI=1S/C9H15F2NO/c1-9(10,11)7-12-4-2-8(6-12)3-5-13/h5,8H,2-4,6-7H2,1H3. The van der Waals surface area contributed by atoms with E-state index in [0.29, 0.717) is 25.4 Å². The van der Waals surface area contributed by atoms with Gasteiger partial charge in [0, 0.05) is 19.9 Å². The van der Waals surface area contributed by atoms with Crippen LogP contribution in [0.4, 0.5) is 8.78 Å². The van der Waals surface area contributed by atoms with E-state index in [9.17, 15) is 13.6 Å². The minimum atomic E-state index is -2.62. The number of hydrogen-bond acceptors (Lipinski definition) is 2. The maximum atomic E-state index is 12.6. The summed E-state index contributed by atoms with van der Waals surface area (Å²) in [6.45, 7) is 2.09. The Labute approximate surface area is 76.9 Å². The van der Waals surface area contributed by atoms with Crippen molar-refractivity contribution in [3.05, 3.63) is 0 Å². The molecule has 1 unspecified atom stereocenters. The average Bonchev–Trinajstić information content (AvgIpc) is 2.33. The topological polar surface area (TPSA) is 20.3 Å². The van der Waals surface area contributed by atoms with Crippen LogP contribution in [0.5, 0.6) is 0 Å². The fourth-order valence-corrected chi connectivity index (χ4v) is 1.78. The van der Waals surface area contributed by atoms with Gasteiger partial charge in [0.15, 0.2) is 0 Å². The van der Waals surface area contributed by atoms with Crippen LogP contribution in [-0.2, 0) is 4.79 Å². The number of rotatable bonds is 4. The Hall–Kier alpha value is -0.510. The monoisotopic (exact) mass is 191 g/mol. The number of halogens is 2. The highest BCUT2D eigenvalue weighted by atomic mass is 19.3. The summed E-state index contributed by atoms with van der Waals surface area (Å²) in [5.74, 6) is -2.32. The molecule has 0 aromatic rings. The van der Waals surface area contributed by atoms with Gasteiger partial charge in [0.05, 0.1) is 6.54 Å². The molecule has 0 radical (unpaired) electrons. The molecule has 1 heterocycles. The van der Waals surface area contributed by atoms with E-state index in [1.165, 1.54) is 0 Å².